The van der Waals surface area contributed by atoms with E-state index in [1.807, 2.05) is 48.6 Å². The summed E-state index contributed by atoms with van der Waals surface area (Å²) < 4.78 is 0. The van der Waals surface area contributed by atoms with Crippen LogP contribution in [0.1, 0.15) is 10.4 Å². The highest BCUT2D eigenvalue weighted by atomic mass is 16.2. The number of hydrogen-bond acceptors (Lipinski definition) is 3. The number of primary amides is 1. The summed E-state index contributed by atoms with van der Waals surface area (Å²) in [7, 11) is 3.91. The molecular formula is C14H21N4O2+. The second-order valence-corrected chi connectivity index (χ2v) is 5.23. The largest absolute Gasteiger partial charge is 0.378 e. The molecule has 1 fully saturated rings. The zero-order chi connectivity index (χ0) is 14.7. The second-order valence-electron chi connectivity index (χ2n) is 5.23. The molecule has 0 aliphatic carbocycles. The van der Waals surface area contributed by atoms with Gasteiger partial charge in [0.25, 0.3) is 11.8 Å². The van der Waals surface area contributed by atoms with Crippen molar-refractivity contribution in [3.05, 3.63) is 29.8 Å². The molecule has 0 radical (unpaired) electrons. The Labute approximate surface area is 118 Å². The van der Waals surface area contributed by atoms with Crippen molar-refractivity contribution in [3.8, 4) is 0 Å². The number of nitrogens with zero attached hydrogens (tertiary/aromatic N) is 2. The number of hydrogen-bond donors (Lipinski definition) is 2. The fraction of sp³-hybridized carbons (Fsp3) is 0.429. The van der Waals surface area contributed by atoms with E-state index in [0.717, 1.165) is 5.69 Å². The van der Waals surface area contributed by atoms with Gasteiger partial charge in [-0.3, -0.25) is 9.59 Å². The number of benzene rings is 1. The van der Waals surface area contributed by atoms with Crippen molar-refractivity contribution in [1.29, 1.82) is 0 Å². The fourth-order valence-corrected chi connectivity index (χ4v) is 2.31. The van der Waals surface area contributed by atoms with E-state index in [-0.39, 0.29) is 17.9 Å². The van der Waals surface area contributed by atoms with Crippen molar-refractivity contribution >= 4 is 17.5 Å². The molecule has 0 aromatic heterocycles. The lowest BCUT2D eigenvalue weighted by Gasteiger charge is -2.29. The van der Waals surface area contributed by atoms with Gasteiger partial charge in [-0.05, 0) is 24.3 Å². The first-order valence-electron chi connectivity index (χ1n) is 6.68. The van der Waals surface area contributed by atoms with Crippen LogP contribution in [-0.2, 0) is 4.79 Å². The smallest absolute Gasteiger partial charge is 0.277 e. The van der Waals surface area contributed by atoms with Gasteiger partial charge >= 0.3 is 0 Å². The van der Waals surface area contributed by atoms with Crippen molar-refractivity contribution < 1.29 is 14.9 Å². The molecular weight excluding hydrogens is 256 g/mol. The van der Waals surface area contributed by atoms with E-state index >= 15 is 0 Å². The fourth-order valence-electron chi connectivity index (χ4n) is 2.31. The number of anilines is 1. The minimum atomic E-state index is -0.370. The van der Waals surface area contributed by atoms with E-state index < -0.39 is 0 Å². The molecule has 1 aliphatic rings. The summed E-state index contributed by atoms with van der Waals surface area (Å²) in [6.45, 7) is 1.72. The lowest BCUT2D eigenvalue weighted by Crippen LogP contribution is -2.97. The summed E-state index contributed by atoms with van der Waals surface area (Å²) in [5, 5.41) is 1.89. The first-order chi connectivity index (χ1) is 9.49. The molecule has 2 rings (SSSR count). The number of piperazine rings is 1. The van der Waals surface area contributed by atoms with Gasteiger partial charge in [0, 0.05) is 25.3 Å². The van der Waals surface area contributed by atoms with Gasteiger partial charge < -0.3 is 20.9 Å². The van der Waals surface area contributed by atoms with Gasteiger partial charge in [0.05, 0.1) is 19.6 Å². The summed E-state index contributed by atoms with van der Waals surface area (Å²) in [4.78, 5) is 27.3. The van der Waals surface area contributed by atoms with E-state index in [4.69, 9.17) is 5.73 Å². The molecule has 0 bridgehead atoms. The highest BCUT2D eigenvalue weighted by Crippen LogP contribution is 2.14. The molecule has 6 heteroatoms. The van der Waals surface area contributed by atoms with Crippen LogP contribution in [0, 0.1) is 0 Å². The minimum Gasteiger partial charge on any atom is -0.378 e. The van der Waals surface area contributed by atoms with Gasteiger partial charge in [-0.1, -0.05) is 0 Å². The average Bonchev–Trinajstić information content (AvgIpc) is 2.46. The normalized spacial score (nSPS) is 18.7. The summed E-state index contributed by atoms with van der Waals surface area (Å²) >= 11 is 0. The third-order valence-corrected chi connectivity index (χ3v) is 3.55. The van der Waals surface area contributed by atoms with Crippen LogP contribution in [0.3, 0.4) is 0 Å². The maximum absolute atomic E-state index is 12.4. The van der Waals surface area contributed by atoms with Crippen LogP contribution in [-0.4, -0.2) is 56.5 Å². The van der Waals surface area contributed by atoms with Crippen LogP contribution in [0.5, 0.6) is 0 Å². The van der Waals surface area contributed by atoms with Crippen LogP contribution < -0.4 is 16.0 Å². The van der Waals surface area contributed by atoms with Crippen molar-refractivity contribution in [2.45, 2.75) is 6.04 Å². The number of carbonyl (C=O) groups is 2. The van der Waals surface area contributed by atoms with Gasteiger partial charge in [-0.25, -0.2) is 0 Å². The van der Waals surface area contributed by atoms with Gasteiger partial charge in [0.15, 0.2) is 6.04 Å². The number of quaternary nitrogens is 1. The number of nitrogens with two attached hydrogens (primary N) is 2. The molecule has 20 heavy (non-hydrogen) atoms. The maximum atomic E-state index is 12.4. The summed E-state index contributed by atoms with van der Waals surface area (Å²) in [6.07, 6.45) is 0. The van der Waals surface area contributed by atoms with Gasteiger partial charge in [0.1, 0.15) is 0 Å². The molecule has 4 N–H and O–H groups in total. The topological polar surface area (TPSA) is 83.2 Å². The molecule has 1 aliphatic heterocycles. The quantitative estimate of drug-likeness (QED) is 0.715. The summed E-state index contributed by atoms with van der Waals surface area (Å²) in [5.74, 6) is -0.417. The number of amides is 2. The van der Waals surface area contributed by atoms with Crippen molar-refractivity contribution in [3.63, 3.8) is 0 Å². The monoisotopic (exact) mass is 277 g/mol. The van der Waals surface area contributed by atoms with E-state index in [2.05, 4.69) is 0 Å². The molecule has 1 aromatic rings. The second kappa shape index (κ2) is 5.92. The van der Waals surface area contributed by atoms with Gasteiger partial charge in [0.2, 0.25) is 0 Å². The Kier molecular flexibility index (Phi) is 4.24. The van der Waals surface area contributed by atoms with Gasteiger partial charge in [-0.2, -0.15) is 0 Å². The average molecular weight is 277 g/mol. The molecule has 6 nitrogen and oxygen atoms in total. The van der Waals surface area contributed by atoms with Gasteiger partial charge in [-0.15, -0.1) is 0 Å². The lowest BCUT2D eigenvalue weighted by atomic mass is 10.1. The first kappa shape index (κ1) is 14.3. The van der Waals surface area contributed by atoms with Crippen LogP contribution in [0.2, 0.25) is 0 Å². The zero-order valence-electron chi connectivity index (χ0n) is 11.9. The molecule has 1 atom stereocenters. The highest BCUT2D eigenvalue weighted by Gasteiger charge is 2.30. The van der Waals surface area contributed by atoms with E-state index in [1.54, 1.807) is 4.90 Å². The molecule has 0 spiro atoms. The van der Waals surface area contributed by atoms with Crippen LogP contribution in [0.25, 0.3) is 0 Å². The summed E-state index contributed by atoms with van der Waals surface area (Å²) in [5.41, 5.74) is 6.99. The SMILES string of the molecule is CN(C)c1ccc(C(=O)N2CC[NH2+][C@@H](C(N)=O)C2)cc1. The van der Waals surface area contributed by atoms with Crippen LogP contribution in [0.4, 0.5) is 5.69 Å². The molecule has 108 valence electrons. The third-order valence-electron chi connectivity index (χ3n) is 3.55. The molecule has 0 saturated carbocycles. The molecule has 2 amide bonds. The first-order valence-corrected chi connectivity index (χ1v) is 6.68. The Balaban J connectivity index is 2.08. The van der Waals surface area contributed by atoms with E-state index in [1.165, 1.54) is 0 Å². The Morgan fingerprint density at radius 1 is 1.30 bits per heavy atom. The maximum Gasteiger partial charge on any atom is 0.277 e. The van der Waals surface area contributed by atoms with Crippen molar-refractivity contribution in [2.24, 2.45) is 5.73 Å². The van der Waals surface area contributed by atoms with Crippen LogP contribution >= 0.6 is 0 Å². The lowest BCUT2D eigenvalue weighted by molar-refractivity contribution is -0.683. The van der Waals surface area contributed by atoms with E-state index in [9.17, 15) is 9.59 Å². The molecule has 1 aromatic carbocycles. The van der Waals surface area contributed by atoms with E-state index in [0.29, 0.717) is 25.2 Å². The Bertz CT molecular complexity index is 498. The predicted octanol–water partition coefficient (Wildman–Crippen LogP) is -1.37. The van der Waals surface area contributed by atoms with Crippen molar-refractivity contribution in [2.75, 3.05) is 38.6 Å². The highest BCUT2D eigenvalue weighted by molar-refractivity contribution is 5.95. The number of rotatable bonds is 3. The standard InChI is InChI=1S/C14H20N4O2/c1-17(2)11-5-3-10(4-6-11)14(20)18-8-7-16-12(9-18)13(15)19/h3-6,12,16H,7-9H2,1-2H3,(H2,15,19)/p+1/t12-/m1/s1. The Morgan fingerprint density at radius 2 is 1.95 bits per heavy atom. The molecule has 1 saturated heterocycles. The number of carbonyl (C=O) groups excluding carboxylic acids is 2. The third kappa shape index (κ3) is 3.08. The summed E-state index contributed by atoms with van der Waals surface area (Å²) in [6, 6.07) is 7.11. The zero-order valence-corrected chi connectivity index (χ0v) is 11.9. The van der Waals surface area contributed by atoms with Crippen LogP contribution in [0.15, 0.2) is 24.3 Å². The Hall–Kier alpha value is -2.08. The molecule has 1 heterocycles. The molecule has 0 unspecified atom stereocenters. The Morgan fingerprint density at radius 3 is 2.50 bits per heavy atom. The predicted molar refractivity (Wildman–Crippen MR) is 76.4 cm³/mol. The van der Waals surface area contributed by atoms with Crippen molar-refractivity contribution in [1.82, 2.24) is 4.90 Å². The minimum absolute atomic E-state index is 0.0466.